The van der Waals surface area contributed by atoms with Crippen molar-refractivity contribution < 1.29 is 22.4 Å². The van der Waals surface area contributed by atoms with Gasteiger partial charge in [0.05, 0.1) is 0 Å². The SMILES string of the molecule is CC(C)(C)c1ccc(C2=NN(c3c(-c4ccccc4)cccc3-c3ccccc3)[CH-]N2c2c(-c3ccccc3)cccc2-c2ccccc2)cc1.[Au].c1ccc2c(c1)[n-]c1ccccc12. The Morgan fingerprint density at radius 2 is 0.754 bits per heavy atom. The fourth-order valence-electron chi connectivity index (χ4n) is 8.65. The molecule has 0 unspecified atom stereocenters. The number of fused-ring (bicyclic) bond motifs is 3. The normalized spacial score (nSPS) is 12.4. The first-order valence-corrected chi connectivity index (χ1v) is 21.9. The molecule has 0 amide bonds. The van der Waals surface area contributed by atoms with Gasteiger partial charge < -0.3 is 14.9 Å². The van der Waals surface area contributed by atoms with Crippen LogP contribution in [0.1, 0.15) is 31.9 Å². The fourth-order valence-corrected chi connectivity index (χ4v) is 8.65. The van der Waals surface area contributed by atoms with E-state index in [1.54, 1.807) is 0 Å². The zero-order valence-electron chi connectivity index (χ0n) is 36.6. The van der Waals surface area contributed by atoms with E-state index in [1.165, 1.54) is 16.3 Å². The Balaban J connectivity index is 0.000000323. The third-order valence-electron chi connectivity index (χ3n) is 11.9. The van der Waals surface area contributed by atoms with Crippen LogP contribution in [0, 0.1) is 6.67 Å². The van der Waals surface area contributed by atoms with E-state index in [9.17, 15) is 0 Å². The second kappa shape index (κ2) is 18.9. The number of amidine groups is 1. The number of aromatic nitrogens is 1. The average molecular weight is 1020 g/mol. The largest absolute Gasteiger partial charge is 0.657 e. The van der Waals surface area contributed by atoms with Crippen molar-refractivity contribution in [3.8, 4) is 44.5 Å². The van der Waals surface area contributed by atoms with Crippen LogP contribution in [0.2, 0.25) is 0 Å². The van der Waals surface area contributed by atoms with Gasteiger partial charge in [-0.1, -0.05) is 251 Å². The van der Waals surface area contributed by atoms with E-state index in [4.69, 9.17) is 5.10 Å². The third-order valence-corrected chi connectivity index (χ3v) is 11.9. The van der Waals surface area contributed by atoms with E-state index in [-0.39, 0.29) is 27.8 Å². The Labute approximate surface area is 398 Å². The van der Waals surface area contributed by atoms with E-state index in [0.29, 0.717) is 0 Å². The molecular formula is C60H48AuN4-2. The molecule has 2 heterocycles. The monoisotopic (exact) mass is 1020 g/mol. The van der Waals surface area contributed by atoms with Gasteiger partial charge in [0.25, 0.3) is 0 Å². The van der Waals surface area contributed by atoms with Crippen molar-refractivity contribution in [3.05, 3.63) is 248 Å². The Morgan fingerprint density at radius 3 is 1.15 bits per heavy atom. The van der Waals surface area contributed by atoms with Gasteiger partial charge in [0.2, 0.25) is 0 Å². The molecule has 4 nitrogen and oxygen atoms in total. The number of nitrogens with zero attached hydrogens (tertiary/aromatic N) is 4. The maximum atomic E-state index is 5.54. The molecule has 5 heteroatoms. The van der Waals surface area contributed by atoms with E-state index in [2.05, 4.69) is 261 Å². The second-order valence-electron chi connectivity index (χ2n) is 17.1. The van der Waals surface area contributed by atoms with Crippen molar-refractivity contribution in [2.75, 3.05) is 9.91 Å². The summed E-state index contributed by atoms with van der Waals surface area (Å²) < 4.78 is 0. The first kappa shape index (κ1) is 43.1. The molecule has 0 saturated heterocycles. The number of hydrogen-bond donors (Lipinski definition) is 0. The quantitative estimate of drug-likeness (QED) is 0.118. The molecule has 0 bridgehead atoms. The number of rotatable bonds is 7. The Hall–Kier alpha value is -7.21. The van der Waals surface area contributed by atoms with E-state index < -0.39 is 0 Å². The predicted molar refractivity (Wildman–Crippen MR) is 270 cm³/mol. The van der Waals surface area contributed by atoms with Crippen molar-refractivity contribution in [1.29, 1.82) is 0 Å². The van der Waals surface area contributed by atoms with Gasteiger partial charge >= 0.3 is 0 Å². The molecule has 1 aliphatic rings. The van der Waals surface area contributed by atoms with Crippen LogP contribution >= 0.6 is 0 Å². The molecular weight excluding hydrogens is 974 g/mol. The van der Waals surface area contributed by atoms with E-state index in [0.717, 1.165) is 78.3 Å². The van der Waals surface area contributed by atoms with Crippen molar-refractivity contribution in [3.63, 3.8) is 0 Å². The van der Waals surface area contributed by atoms with E-state index in [1.807, 2.05) is 12.1 Å². The molecule has 1 aromatic heterocycles. The van der Waals surface area contributed by atoms with Crippen LogP contribution in [-0.2, 0) is 27.8 Å². The zero-order chi connectivity index (χ0) is 43.5. The van der Waals surface area contributed by atoms with Gasteiger partial charge in [-0.2, -0.15) is 5.10 Å². The Bertz CT molecular complexity index is 3040. The van der Waals surface area contributed by atoms with Gasteiger partial charge in [0.1, 0.15) is 5.84 Å². The minimum absolute atomic E-state index is 0. The Morgan fingerprint density at radius 1 is 0.385 bits per heavy atom. The molecule has 1 aliphatic heterocycles. The standard InChI is InChI=1S/C48H40N3.C12H8N.Au/c1-48(2,3)40-32-30-39(31-33-40)47-49-51(46-43(37-22-12-6-13-23-37)28-17-29-44(46)38-24-14-7-15-25-38)34-50(47)45-41(35-18-8-4-9-19-35)26-16-27-42(45)36-20-10-5-11-21-36;1-3-7-11-9(5-1)10-6-2-4-8-12(10)13-11;/h4-34H,1-3H3;1-8H;/q2*-1;. The number of para-hydroxylation sites is 4. The number of hydrazone groups is 1. The molecule has 11 rings (SSSR count). The van der Waals surface area contributed by atoms with Gasteiger partial charge in [-0.25, -0.2) is 0 Å². The molecule has 321 valence electrons. The molecule has 9 aromatic carbocycles. The summed E-state index contributed by atoms with van der Waals surface area (Å²) >= 11 is 0. The predicted octanol–water partition coefficient (Wildman–Crippen LogP) is 15.4. The topological polar surface area (TPSA) is 32.9 Å². The molecule has 0 aliphatic carbocycles. The first-order chi connectivity index (χ1) is 31.4. The summed E-state index contributed by atoms with van der Waals surface area (Å²) in [6.07, 6.45) is 0. The van der Waals surface area contributed by atoms with Crippen molar-refractivity contribution in [2.24, 2.45) is 5.10 Å². The maximum absolute atomic E-state index is 5.54. The van der Waals surface area contributed by atoms with Crippen LogP contribution in [0.4, 0.5) is 11.4 Å². The Kier molecular flexibility index (Phi) is 12.5. The van der Waals surface area contributed by atoms with Gasteiger partial charge in [-0.05, 0) is 44.0 Å². The third kappa shape index (κ3) is 8.85. The molecule has 0 spiro atoms. The summed E-state index contributed by atoms with van der Waals surface area (Å²) in [5.41, 5.74) is 15.7. The van der Waals surface area contributed by atoms with Crippen LogP contribution in [0.5, 0.6) is 0 Å². The zero-order valence-corrected chi connectivity index (χ0v) is 38.8. The van der Waals surface area contributed by atoms with Crippen LogP contribution in [0.3, 0.4) is 0 Å². The van der Waals surface area contributed by atoms with Crippen LogP contribution in [0.25, 0.3) is 66.3 Å². The van der Waals surface area contributed by atoms with E-state index >= 15 is 0 Å². The minimum Gasteiger partial charge on any atom is -0.657 e. The van der Waals surface area contributed by atoms with Gasteiger partial charge in [-0.3, -0.25) is 0 Å². The summed E-state index contributed by atoms with van der Waals surface area (Å²) in [5, 5.41) is 10.1. The fraction of sp³-hybridized carbons (Fsp3) is 0.0667. The molecule has 0 fully saturated rings. The summed E-state index contributed by atoms with van der Waals surface area (Å²) in [5.74, 6) is 0.859. The molecule has 65 heavy (non-hydrogen) atoms. The maximum Gasteiger partial charge on any atom is 0.129 e. The minimum atomic E-state index is 0. The number of anilines is 2. The first-order valence-electron chi connectivity index (χ1n) is 21.9. The molecule has 10 aromatic rings. The molecule has 0 atom stereocenters. The second-order valence-corrected chi connectivity index (χ2v) is 17.1. The number of benzene rings is 9. The molecule has 1 radical (unpaired) electrons. The van der Waals surface area contributed by atoms with Crippen molar-refractivity contribution in [2.45, 2.75) is 26.2 Å². The van der Waals surface area contributed by atoms with Gasteiger partial charge in [-0.15, -0.1) is 17.7 Å². The van der Waals surface area contributed by atoms with Crippen molar-refractivity contribution in [1.82, 2.24) is 4.98 Å². The van der Waals surface area contributed by atoms with Crippen LogP contribution < -0.4 is 14.9 Å². The summed E-state index contributed by atoms with van der Waals surface area (Å²) in [4.78, 5) is 6.81. The summed E-state index contributed by atoms with van der Waals surface area (Å²) in [7, 11) is 0. The van der Waals surface area contributed by atoms with Gasteiger partial charge in [0, 0.05) is 61.6 Å². The smallest absolute Gasteiger partial charge is 0.129 e. The summed E-state index contributed by atoms with van der Waals surface area (Å²) in [6, 6.07) is 81.1. The van der Waals surface area contributed by atoms with Crippen LogP contribution in [0.15, 0.2) is 236 Å². The average Bonchev–Trinajstić information content (AvgIpc) is 3.97. The van der Waals surface area contributed by atoms with Crippen molar-refractivity contribution >= 4 is 39.0 Å². The summed E-state index contributed by atoms with van der Waals surface area (Å²) in [6.45, 7) is 8.94. The molecule has 0 N–H and O–H groups in total. The van der Waals surface area contributed by atoms with Crippen LogP contribution in [-0.4, -0.2) is 5.84 Å². The molecule has 0 saturated carbocycles. The van der Waals surface area contributed by atoms with Gasteiger partial charge in [0.15, 0.2) is 0 Å². The number of hydrogen-bond acceptors (Lipinski definition) is 3.